The Kier molecular flexibility index (Phi) is 5.03. The van der Waals surface area contributed by atoms with Crippen molar-refractivity contribution in [3.05, 3.63) is 18.0 Å². The average Bonchev–Trinajstić information content (AvgIpc) is 2.70. The van der Waals surface area contributed by atoms with Crippen molar-refractivity contribution in [2.75, 3.05) is 0 Å². The van der Waals surface area contributed by atoms with Crippen LogP contribution in [0.15, 0.2) is 12.3 Å². The van der Waals surface area contributed by atoms with Crippen LogP contribution in [0.1, 0.15) is 25.1 Å². The second-order valence-corrected chi connectivity index (χ2v) is 4.18. The van der Waals surface area contributed by atoms with E-state index in [0.717, 1.165) is 16.9 Å². The highest BCUT2D eigenvalue weighted by molar-refractivity contribution is 5.10. The van der Waals surface area contributed by atoms with Gasteiger partial charge in [0.1, 0.15) is 0 Å². The predicted octanol–water partition coefficient (Wildman–Crippen LogP) is 2.54. The van der Waals surface area contributed by atoms with Crippen LogP contribution in [0.3, 0.4) is 0 Å². The number of aryl methyl sites for hydroxylation is 1. The van der Waals surface area contributed by atoms with Gasteiger partial charge in [0.2, 0.25) is 0 Å². The van der Waals surface area contributed by atoms with Gasteiger partial charge in [-0.2, -0.15) is 31.4 Å². The topological polar surface area (TPSA) is 55.9 Å². The Balaban J connectivity index is 3.24. The lowest BCUT2D eigenvalue weighted by Gasteiger charge is -2.30. The molecule has 0 spiro atoms. The number of nitrogens with two attached hydrogens (primary N) is 1. The Morgan fingerprint density at radius 1 is 1.25 bits per heavy atom. The van der Waals surface area contributed by atoms with Crippen LogP contribution >= 0.6 is 0 Å². The van der Waals surface area contributed by atoms with E-state index in [1.54, 1.807) is 12.3 Å². The fourth-order valence-electron chi connectivity index (χ4n) is 1.92. The number of aromatic nitrogens is 2. The van der Waals surface area contributed by atoms with E-state index in [0.29, 0.717) is 6.42 Å². The van der Waals surface area contributed by atoms with Gasteiger partial charge in [-0.05, 0) is 12.5 Å². The van der Waals surface area contributed by atoms with E-state index in [2.05, 4.69) is 5.10 Å². The first kappa shape index (κ1) is 16.8. The van der Waals surface area contributed by atoms with E-state index in [-0.39, 0.29) is 12.2 Å². The molecule has 0 saturated carbocycles. The minimum Gasteiger partial charge on any atom is -0.271 e. The van der Waals surface area contributed by atoms with Gasteiger partial charge in [-0.3, -0.25) is 16.0 Å². The van der Waals surface area contributed by atoms with E-state index >= 15 is 0 Å². The van der Waals surface area contributed by atoms with Crippen molar-refractivity contribution in [3.63, 3.8) is 0 Å². The molecule has 0 aliphatic rings. The van der Waals surface area contributed by atoms with Gasteiger partial charge < -0.3 is 0 Å². The molecule has 0 saturated heterocycles. The van der Waals surface area contributed by atoms with Crippen LogP contribution in [0.4, 0.5) is 26.3 Å². The molecule has 10 heteroatoms. The maximum Gasteiger partial charge on any atom is 0.402 e. The molecule has 1 aromatic heterocycles. The maximum absolute atomic E-state index is 12.7. The Hall–Kier alpha value is -1.29. The molecule has 3 N–H and O–H groups in total. The molecule has 0 aromatic carbocycles. The zero-order valence-electron chi connectivity index (χ0n) is 10.5. The number of hydrogen-bond acceptors (Lipinski definition) is 3. The summed E-state index contributed by atoms with van der Waals surface area (Å²) in [6.07, 6.45) is -9.30. The van der Waals surface area contributed by atoms with Crippen molar-refractivity contribution >= 4 is 0 Å². The summed E-state index contributed by atoms with van der Waals surface area (Å²) in [5.74, 6) is 1.33. The third-order valence-corrected chi connectivity index (χ3v) is 2.72. The SMILES string of the molecule is CCCn1nccc1C(NN)C(C(F)(F)F)C(F)(F)F. The van der Waals surface area contributed by atoms with Crippen LogP contribution in [-0.2, 0) is 6.54 Å². The fraction of sp³-hybridized carbons (Fsp3) is 0.700. The molecule has 1 unspecified atom stereocenters. The quantitative estimate of drug-likeness (QED) is 0.499. The minimum absolute atomic E-state index is 0.197. The van der Waals surface area contributed by atoms with Gasteiger partial charge in [0, 0.05) is 12.7 Å². The normalized spacial score (nSPS) is 14.8. The monoisotopic (exact) mass is 304 g/mol. The van der Waals surface area contributed by atoms with Crippen molar-refractivity contribution in [1.29, 1.82) is 0 Å². The summed E-state index contributed by atoms with van der Waals surface area (Å²) >= 11 is 0. The van der Waals surface area contributed by atoms with E-state index < -0.39 is 24.3 Å². The van der Waals surface area contributed by atoms with Gasteiger partial charge in [-0.1, -0.05) is 6.92 Å². The van der Waals surface area contributed by atoms with Gasteiger partial charge >= 0.3 is 12.4 Å². The average molecular weight is 304 g/mol. The molecule has 0 aliphatic carbocycles. The molecule has 1 rings (SSSR count). The molecule has 0 aliphatic heterocycles. The van der Waals surface area contributed by atoms with Gasteiger partial charge in [0.25, 0.3) is 0 Å². The summed E-state index contributed by atoms with van der Waals surface area (Å²) in [6, 6.07) is -1.06. The smallest absolute Gasteiger partial charge is 0.271 e. The van der Waals surface area contributed by atoms with Gasteiger partial charge in [0.15, 0.2) is 5.92 Å². The summed E-state index contributed by atoms with van der Waals surface area (Å²) in [5.41, 5.74) is 1.36. The lowest BCUT2D eigenvalue weighted by Crippen LogP contribution is -2.48. The predicted molar refractivity (Wildman–Crippen MR) is 58.2 cm³/mol. The Labute approximate surface area is 110 Å². The van der Waals surface area contributed by atoms with Gasteiger partial charge in [-0.25, -0.2) is 0 Å². The molecule has 4 nitrogen and oxygen atoms in total. The summed E-state index contributed by atoms with van der Waals surface area (Å²) in [4.78, 5) is 0. The zero-order chi connectivity index (χ0) is 15.6. The molecule has 1 heterocycles. The van der Waals surface area contributed by atoms with Crippen LogP contribution in [0, 0.1) is 5.92 Å². The Morgan fingerprint density at radius 3 is 2.20 bits per heavy atom. The minimum atomic E-state index is -5.48. The van der Waals surface area contributed by atoms with Crippen molar-refractivity contribution in [1.82, 2.24) is 15.2 Å². The second-order valence-electron chi connectivity index (χ2n) is 4.18. The highest BCUT2D eigenvalue weighted by atomic mass is 19.4. The summed E-state index contributed by atoms with van der Waals surface area (Å²) in [5, 5.41) is 3.71. The molecular weight excluding hydrogens is 290 g/mol. The number of hydrogen-bond donors (Lipinski definition) is 2. The van der Waals surface area contributed by atoms with Crippen LogP contribution in [-0.4, -0.2) is 22.1 Å². The first-order valence-corrected chi connectivity index (χ1v) is 5.74. The zero-order valence-corrected chi connectivity index (χ0v) is 10.5. The highest BCUT2D eigenvalue weighted by Crippen LogP contribution is 2.46. The number of alkyl halides is 6. The third kappa shape index (κ3) is 3.63. The fourth-order valence-corrected chi connectivity index (χ4v) is 1.92. The largest absolute Gasteiger partial charge is 0.402 e. The van der Waals surface area contributed by atoms with Crippen molar-refractivity contribution in [2.24, 2.45) is 11.8 Å². The van der Waals surface area contributed by atoms with Gasteiger partial charge in [0.05, 0.1) is 11.7 Å². The molecule has 1 atom stereocenters. The first-order valence-electron chi connectivity index (χ1n) is 5.74. The van der Waals surface area contributed by atoms with Crippen molar-refractivity contribution in [2.45, 2.75) is 38.3 Å². The molecule has 1 aromatic rings. The standard InChI is InChI=1S/C10H14F6N4/c1-2-5-20-6(3-4-18-20)7(19-17)8(9(11,12)13)10(14,15)16/h3-4,7-8,19H,2,5,17H2,1H3. The lowest BCUT2D eigenvalue weighted by atomic mass is 9.96. The van der Waals surface area contributed by atoms with Crippen LogP contribution in [0.5, 0.6) is 0 Å². The number of hydrazine groups is 1. The summed E-state index contributed by atoms with van der Waals surface area (Å²) in [7, 11) is 0. The number of halogens is 6. The molecule has 0 amide bonds. The highest BCUT2D eigenvalue weighted by Gasteiger charge is 2.61. The van der Waals surface area contributed by atoms with Crippen LogP contribution in [0.2, 0.25) is 0 Å². The second kappa shape index (κ2) is 6.00. The lowest BCUT2D eigenvalue weighted by molar-refractivity contribution is -0.293. The molecular formula is C10H14F6N4. The van der Waals surface area contributed by atoms with E-state index in [4.69, 9.17) is 5.84 Å². The number of nitrogens with one attached hydrogen (secondary N) is 1. The number of nitrogens with zero attached hydrogens (tertiary/aromatic N) is 2. The van der Waals surface area contributed by atoms with E-state index in [1.807, 2.05) is 0 Å². The van der Waals surface area contributed by atoms with E-state index in [1.165, 1.54) is 0 Å². The molecule has 0 fully saturated rings. The molecule has 116 valence electrons. The van der Waals surface area contributed by atoms with Crippen molar-refractivity contribution in [3.8, 4) is 0 Å². The first-order chi connectivity index (χ1) is 9.12. The van der Waals surface area contributed by atoms with Crippen LogP contribution in [0.25, 0.3) is 0 Å². The summed E-state index contributed by atoms with van der Waals surface area (Å²) < 4.78 is 77.4. The maximum atomic E-state index is 12.7. The van der Waals surface area contributed by atoms with E-state index in [9.17, 15) is 26.3 Å². The number of rotatable bonds is 5. The summed E-state index contributed by atoms with van der Waals surface area (Å²) in [6.45, 7) is 1.92. The van der Waals surface area contributed by atoms with Crippen molar-refractivity contribution < 1.29 is 26.3 Å². The van der Waals surface area contributed by atoms with Gasteiger partial charge in [-0.15, -0.1) is 0 Å². The molecule has 20 heavy (non-hydrogen) atoms. The Bertz CT molecular complexity index is 410. The van der Waals surface area contributed by atoms with Crippen LogP contribution < -0.4 is 11.3 Å². The Morgan fingerprint density at radius 2 is 1.80 bits per heavy atom. The molecule has 0 bridgehead atoms. The third-order valence-electron chi connectivity index (χ3n) is 2.72. The molecule has 0 radical (unpaired) electrons.